The summed E-state index contributed by atoms with van der Waals surface area (Å²) in [6.07, 6.45) is -3.16. The molecular formula is C22H23F3N4O3. The first-order chi connectivity index (χ1) is 15.2. The SMILES string of the molecule is Cc1nc(C)c(C(=O)N2CC[C@@H](c3cc(CCOc4cccc(C(F)(F)F)c4)[nH]n3)C2)o1. The molecule has 3 heterocycles. The molecule has 1 aliphatic rings. The standard InChI is InChI=1S/C22H23F3N4O3/c1-13-20(32-14(2)26-13)21(30)29-8-6-15(12-29)19-11-17(27-28-19)7-9-31-18-5-3-4-16(10-18)22(23,24)25/h3-5,10-11,15H,6-9,12H2,1-2H3,(H,27,28)/t15-/m1/s1. The number of benzene rings is 1. The third-order valence-corrected chi connectivity index (χ3v) is 5.44. The van der Waals surface area contributed by atoms with E-state index in [0.717, 1.165) is 29.9 Å². The molecule has 1 saturated heterocycles. The van der Waals surface area contributed by atoms with Gasteiger partial charge in [0.15, 0.2) is 5.89 Å². The van der Waals surface area contributed by atoms with Gasteiger partial charge in [-0.05, 0) is 37.6 Å². The molecule has 3 aromatic rings. The fraction of sp³-hybridized carbons (Fsp3) is 0.409. The Morgan fingerprint density at radius 1 is 1.31 bits per heavy atom. The second kappa shape index (κ2) is 8.68. The van der Waals surface area contributed by atoms with Gasteiger partial charge in [0.2, 0.25) is 5.76 Å². The number of carbonyl (C=O) groups excluding carboxylic acids is 1. The van der Waals surface area contributed by atoms with Crippen molar-refractivity contribution < 1.29 is 27.1 Å². The van der Waals surface area contributed by atoms with E-state index in [1.54, 1.807) is 18.7 Å². The average Bonchev–Trinajstić information content (AvgIpc) is 3.47. The molecule has 1 fully saturated rings. The zero-order valence-corrected chi connectivity index (χ0v) is 17.7. The van der Waals surface area contributed by atoms with Crippen molar-refractivity contribution in [2.75, 3.05) is 19.7 Å². The Labute approximate surface area is 182 Å². The van der Waals surface area contributed by atoms with Crippen molar-refractivity contribution in [3.05, 3.63) is 64.6 Å². The van der Waals surface area contributed by atoms with Crippen LogP contribution in [0, 0.1) is 13.8 Å². The van der Waals surface area contributed by atoms with Gasteiger partial charge in [0.25, 0.3) is 5.91 Å². The van der Waals surface area contributed by atoms with Crippen LogP contribution in [0.15, 0.2) is 34.7 Å². The summed E-state index contributed by atoms with van der Waals surface area (Å²) in [5.74, 6) is 0.833. The number of amides is 1. The van der Waals surface area contributed by atoms with E-state index in [0.29, 0.717) is 31.1 Å². The number of rotatable bonds is 6. The zero-order valence-electron chi connectivity index (χ0n) is 17.7. The molecule has 0 unspecified atom stereocenters. The van der Waals surface area contributed by atoms with Crippen LogP contribution < -0.4 is 4.74 Å². The fourth-order valence-electron chi connectivity index (χ4n) is 3.82. The number of alkyl halides is 3. The van der Waals surface area contributed by atoms with Gasteiger partial charge >= 0.3 is 6.18 Å². The highest BCUT2D eigenvalue weighted by Crippen LogP contribution is 2.31. The number of ether oxygens (including phenoxy) is 1. The van der Waals surface area contributed by atoms with E-state index in [1.807, 2.05) is 6.07 Å². The van der Waals surface area contributed by atoms with Crippen LogP contribution in [-0.4, -0.2) is 45.7 Å². The maximum atomic E-state index is 12.8. The smallest absolute Gasteiger partial charge is 0.416 e. The Bertz CT molecular complexity index is 1110. The van der Waals surface area contributed by atoms with E-state index >= 15 is 0 Å². The molecule has 0 spiro atoms. The van der Waals surface area contributed by atoms with Crippen LogP contribution in [0.3, 0.4) is 0 Å². The lowest BCUT2D eigenvalue weighted by Crippen LogP contribution is -2.28. The second-order valence-electron chi connectivity index (χ2n) is 7.83. The van der Waals surface area contributed by atoms with E-state index < -0.39 is 11.7 Å². The number of nitrogens with zero attached hydrogens (tertiary/aromatic N) is 3. The van der Waals surface area contributed by atoms with E-state index in [2.05, 4.69) is 15.2 Å². The number of aryl methyl sites for hydroxylation is 2. The summed E-state index contributed by atoms with van der Waals surface area (Å²) in [5.41, 5.74) is 1.51. The maximum Gasteiger partial charge on any atom is 0.416 e. The number of aromatic amines is 1. The fourth-order valence-corrected chi connectivity index (χ4v) is 3.82. The molecule has 0 bridgehead atoms. The molecule has 4 rings (SSSR count). The van der Waals surface area contributed by atoms with Gasteiger partial charge in [-0.25, -0.2) is 4.98 Å². The van der Waals surface area contributed by atoms with Crippen LogP contribution in [0.1, 0.15) is 51.4 Å². The minimum atomic E-state index is -4.40. The number of aromatic nitrogens is 3. The highest BCUT2D eigenvalue weighted by molar-refractivity contribution is 5.92. The van der Waals surface area contributed by atoms with Crippen molar-refractivity contribution >= 4 is 5.91 Å². The summed E-state index contributed by atoms with van der Waals surface area (Å²) in [7, 11) is 0. The second-order valence-corrected chi connectivity index (χ2v) is 7.83. The number of halogens is 3. The predicted octanol–water partition coefficient (Wildman–Crippen LogP) is 4.28. The lowest BCUT2D eigenvalue weighted by atomic mass is 10.0. The molecule has 0 saturated carbocycles. The first kappa shape index (κ1) is 21.9. The first-order valence-corrected chi connectivity index (χ1v) is 10.3. The van der Waals surface area contributed by atoms with E-state index in [-0.39, 0.29) is 29.9 Å². The number of H-pyrrole nitrogens is 1. The molecule has 1 atom stereocenters. The highest BCUT2D eigenvalue weighted by Gasteiger charge is 2.32. The van der Waals surface area contributed by atoms with Gasteiger partial charge in [0.1, 0.15) is 5.75 Å². The van der Waals surface area contributed by atoms with Gasteiger partial charge in [-0.2, -0.15) is 18.3 Å². The summed E-state index contributed by atoms with van der Waals surface area (Å²) in [4.78, 5) is 18.6. The normalized spacial score (nSPS) is 16.5. The summed E-state index contributed by atoms with van der Waals surface area (Å²) in [6.45, 7) is 4.80. The van der Waals surface area contributed by atoms with Crippen molar-refractivity contribution in [2.24, 2.45) is 0 Å². The number of hydrogen-bond donors (Lipinski definition) is 1. The van der Waals surface area contributed by atoms with Crippen molar-refractivity contribution in [2.45, 2.75) is 38.8 Å². The van der Waals surface area contributed by atoms with Crippen molar-refractivity contribution in [1.29, 1.82) is 0 Å². The summed E-state index contributed by atoms with van der Waals surface area (Å²) in [6, 6.07) is 6.73. The number of carbonyl (C=O) groups is 1. The third kappa shape index (κ3) is 4.79. The van der Waals surface area contributed by atoms with Crippen molar-refractivity contribution in [1.82, 2.24) is 20.1 Å². The van der Waals surface area contributed by atoms with Crippen molar-refractivity contribution in [3.8, 4) is 5.75 Å². The monoisotopic (exact) mass is 448 g/mol. The molecule has 0 aliphatic carbocycles. The lowest BCUT2D eigenvalue weighted by Gasteiger charge is -2.14. The van der Waals surface area contributed by atoms with Crippen LogP contribution in [0.2, 0.25) is 0 Å². The maximum absolute atomic E-state index is 12.8. The van der Waals surface area contributed by atoms with Gasteiger partial charge in [0, 0.05) is 38.0 Å². The topological polar surface area (TPSA) is 84.3 Å². The molecule has 32 heavy (non-hydrogen) atoms. The van der Waals surface area contributed by atoms with E-state index in [1.165, 1.54) is 12.1 Å². The quantitative estimate of drug-likeness (QED) is 0.608. The minimum Gasteiger partial charge on any atom is -0.493 e. The molecular weight excluding hydrogens is 425 g/mol. The molecule has 0 radical (unpaired) electrons. The number of likely N-dealkylation sites (tertiary alicyclic amines) is 1. The molecule has 10 heteroatoms. The average molecular weight is 448 g/mol. The van der Waals surface area contributed by atoms with Crippen LogP contribution in [0.25, 0.3) is 0 Å². The number of oxazole rings is 1. The summed E-state index contributed by atoms with van der Waals surface area (Å²) < 4.78 is 49.3. The Hall–Kier alpha value is -3.30. The predicted molar refractivity (Wildman–Crippen MR) is 108 cm³/mol. The van der Waals surface area contributed by atoms with Crippen LogP contribution in [0.4, 0.5) is 13.2 Å². The Morgan fingerprint density at radius 3 is 2.84 bits per heavy atom. The summed E-state index contributed by atoms with van der Waals surface area (Å²) in [5, 5.41) is 7.31. The molecule has 1 aromatic carbocycles. The van der Waals surface area contributed by atoms with Gasteiger partial charge in [-0.3, -0.25) is 9.89 Å². The third-order valence-electron chi connectivity index (χ3n) is 5.44. The van der Waals surface area contributed by atoms with Gasteiger partial charge in [-0.1, -0.05) is 6.07 Å². The van der Waals surface area contributed by atoms with Crippen LogP contribution >= 0.6 is 0 Å². The minimum absolute atomic E-state index is 0.0951. The molecule has 2 aromatic heterocycles. The Morgan fingerprint density at radius 2 is 2.12 bits per heavy atom. The van der Waals surface area contributed by atoms with Crippen LogP contribution in [-0.2, 0) is 12.6 Å². The first-order valence-electron chi connectivity index (χ1n) is 10.3. The molecule has 170 valence electrons. The lowest BCUT2D eigenvalue weighted by molar-refractivity contribution is -0.137. The number of nitrogens with one attached hydrogen (secondary N) is 1. The zero-order chi connectivity index (χ0) is 22.9. The van der Waals surface area contributed by atoms with Gasteiger partial charge in [0.05, 0.1) is 23.6 Å². The number of hydrogen-bond acceptors (Lipinski definition) is 5. The molecule has 1 N–H and O–H groups in total. The van der Waals surface area contributed by atoms with Gasteiger partial charge < -0.3 is 14.1 Å². The molecule has 1 amide bonds. The van der Waals surface area contributed by atoms with Gasteiger partial charge in [-0.15, -0.1) is 0 Å². The van der Waals surface area contributed by atoms with E-state index in [4.69, 9.17) is 9.15 Å². The highest BCUT2D eigenvalue weighted by atomic mass is 19.4. The van der Waals surface area contributed by atoms with Crippen LogP contribution in [0.5, 0.6) is 5.75 Å². The molecule has 7 nitrogen and oxygen atoms in total. The molecule has 1 aliphatic heterocycles. The summed E-state index contributed by atoms with van der Waals surface area (Å²) >= 11 is 0. The Balaban J connectivity index is 1.31. The van der Waals surface area contributed by atoms with E-state index in [9.17, 15) is 18.0 Å². The van der Waals surface area contributed by atoms with Crippen molar-refractivity contribution in [3.63, 3.8) is 0 Å². The Kier molecular flexibility index (Phi) is 5.94. The largest absolute Gasteiger partial charge is 0.493 e.